The lowest BCUT2D eigenvalue weighted by Gasteiger charge is -2.20. The van der Waals surface area contributed by atoms with Crippen LogP contribution in [0.5, 0.6) is 0 Å². The number of carbonyl (C=O) groups is 1. The maximum Gasteiger partial charge on any atom is 0.227 e. The third kappa shape index (κ3) is 5.39. The van der Waals surface area contributed by atoms with Gasteiger partial charge in [0.1, 0.15) is 5.82 Å². The lowest BCUT2D eigenvalue weighted by Crippen LogP contribution is -2.25. The molecular weight excluding hydrogens is 397 g/mol. The molecule has 0 saturated heterocycles. The molecule has 0 heterocycles. The first-order valence-electron chi connectivity index (χ1n) is 8.73. The molecule has 2 atom stereocenters. The quantitative estimate of drug-likeness (QED) is 0.658. The summed E-state index contributed by atoms with van der Waals surface area (Å²) in [6.45, 7) is 5.66. The van der Waals surface area contributed by atoms with Crippen molar-refractivity contribution in [2.75, 3.05) is 11.9 Å². The fourth-order valence-electron chi connectivity index (χ4n) is 3.16. The van der Waals surface area contributed by atoms with Gasteiger partial charge in [0.2, 0.25) is 5.91 Å². The van der Waals surface area contributed by atoms with E-state index in [1.165, 1.54) is 6.07 Å². The molecule has 2 N–H and O–H groups in total. The predicted molar refractivity (Wildman–Crippen MR) is 107 cm³/mol. The average molecular weight is 422 g/mol. The second kappa shape index (κ2) is 9.28. The molecule has 0 spiro atoms. The van der Waals surface area contributed by atoms with Crippen LogP contribution < -0.4 is 5.32 Å². The zero-order valence-electron chi connectivity index (χ0n) is 15.4. The van der Waals surface area contributed by atoms with Crippen molar-refractivity contribution in [1.29, 1.82) is 0 Å². The van der Waals surface area contributed by atoms with Gasteiger partial charge in [-0.3, -0.25) is 4.79 Å². The summed E-state index contributed by atoms with van der Waals surface area (Å²) in [6, 6.07) is 10.5. The number of hydrogen-bond donors (Lipinski definition) is 2. The van der Waals surface area contributed by atoms with E-state index in [4.69, 9.17) is 0 Å². The van der Waals surface area contributed by atoms with Gasteiger partial charge in [0, 0.05) is 22.7 Å². The molecule has 140 valence electrons. The number of carbonyl (C=O) groups excluding carboxylic acids is 1. The number of hydrogen-bond acceptors (Lipinski definition) is 2. The first-order chi connectivity index (χ1) is 12.3. The summed E-state index contributed by atoms with van der Waals surface area (Å²) < 4.78 is 14.8. The van der Waals surface area contributed by atoms with Crippen LogP contribution in [-0.4, -0.2) is 17.6 Å². The van der Waals surface area contributed by atoms with Crippen LogP contribution in [0.3, 0.4) is 0 Å². The molecule has 0 aliphatic rings. The van der Waals surface area contributed by atoms with Gasteiger partial charge in [-0.1, -0.05) is 41.1 Å². The minimum absolute atomic E-state index is 0.0811. The monoisotopic (exact) mass is 421 g/mol. The van der Waals surface area contributed by atoms with Gasteiger partial charge in [-0.25, -0.2) is 4.39 Å². The molecule has 26 heavy (non-hydrogen) atoms. The smallest absolute Gasteiger partial charge is 0.227 e. The zero-order valence-corrected chi connectivity index (χ0v) is 16.9. The molecule has 0 saturated carbocycles. The Bertz CT molecular complexity index is 755. The van der Waals surface area contributed by atoms with E-state index in [9.17, 15) is 14.3 Å². The number of rotatable bonds is 7. The first-order valence-corrected chi connectivity index (χ1v) is 9.53. The summed E-state index contributed by atoms with van der Waals surface area (Å²) in [4.78, 5) is 12.6. The molecule has 0 bridgehead atoms. The maximum absolute atomic E-state index is 13.8. The number of halogens is 2. The van der Waals surface area contributed by atoms with Gasteiger partial charge >= 0.3 is 0 Å². The maximum atomic E-state index is 13.8. The van der Waals surface area contributed by atoms with Crippen molar-refractivity contribution >= 4 is 27.5 Å². The summed E-state index contributed by atoms with van der Waals surface area (Å²) in [6.07, 6.45) is 0.905. The van der Waals surface area contributed by atoms with Gasteiger partial charge < -0.3 is 10.4 Å². The van der Waals surface area contributed by atoms with Crippen molar-refractivity contribution in [1.82, 2.24) is 0 Å². The van der Waals surface area contributed by atoms with E-state index in [0.717, 1.165) is 21.3 Å². The highest BCUT2D eigenvalue weighted by Crippen LogP contribution is 2.26. The topological polar surface area (TPSA) is 49.3 Å². The lowest BCUT2D eigenvalue weighted by molar-refractivity contribution is -0.120. The van der Waals surface area contributed by atoms with E-state index in [2.05, 4.69) is 21.2 Å². The van der Waals surface area contributed by atoms with Crippen molar-refractivity contribution in [3.63, 3.8) is 0 Å². The van der Waals surface area contributed by atoms with Crippen LogP contribution in [0.1, 0.15) is 30.0 Å². The van der Waals surface area contributed by atoms with Gasteiger partial charge in [-0.2, -0.15) is 0 Å². The van der Waals surface area contributed by atoms with Gasteiger partial charge in [0.15, 0.2) is 0 Å². The SMILES string of the molecule is Cc1cc(Br)cc(C)c1NC(=O)[C@H](C)C[C@@H](CO)Cc1ccccc1F. The Hall–Kier alpha value is -1.72. The second-order valence-electron chi connectivity index (χ2n) is 6.88. The zero-order chi connectivity index (χ0) is 19.3. The molecule has 0 aliphatic carbocycles. The molecule has 0 radical (unpaired) electrons. The largest absolute Gasteiger partial charge is 0.396 e. The number of anilines is 1. The van der Waals surface area contributed by atoms with E-state index < -0.39 is 0 Å². The van der Waals surface area contributed by atoms with Crippen LogP contribution in [-0.2, 0) is 11.2 Å². The second-order valence-corrected chi connectivity index (χ2v) is 7.80. The van der Waals surface area contributed by atoms with Gasteiger partial charge in [0.25, 0.3) is 0 Å². The number of benzene rings is 2. The fraction of sp³-hybridized carbons (Fsp3) is 0.381. The normalized spacial score (nSPS) is 13.3. The van der Waals surface area contributed by atoms with Crippen molar-refractivity contribution in [3.05, 3.63) is 63.4 Å². The number of aliphatic hydroxyl groups excluding tert-OH is 1. The standard InChI is InChI=1S/C21H25BrFNO2/c1-13-9-18(22)10-14(2)20(13)24-21(26)15(3)8-16(12-25)11-17-6-4-5-7-19(17)23/h4-7,9-10,15-16,25H,8,11-12H2,1-3H3,(H,24,26)/t15-,16-/m1/s1. The van der Waals surface area contributed by atoms with Crippen LogP contribution >= 0.6 is 15.9 Å². The Balaban J connectivity index is 2.02. The van der Waals surface area contributed by atoms with Crippen molar-refractivity contribution < 1.29 is 14.3 Å². The summed E-state index contributed by atoms with van der Waals surface area (Å²) >= 11 is 3.45. The Morgan fingerprint density at radius 2 is 1.85 bits per heavy atom. The van der Waals surface area contributed by atoms with Crippen molar-refractivity contribution in [3.8, 4) is 0 Å². The number of nitrogens with one attached hydrogen (secondary N) is 1. The molecule has 2 aromatic carbocycles. The molecule has 2 aromatic rings. The molecule has 1 amide bonds. The summed E-state index contributed by atoms with van der Waals surface area (Å²) in [5, 5.41) is 12.7. The fourth-order valence-corrected chi connectivity index (χ4v) is 3.85. The number of aryl methyl sites for hydroxylation is 2. The Morgan fingerprint density at radius 3 is 2.42 bits per heavy atom. The molecular formula is C21H25BrFNO2. The van der Waals surface area contributed by atoms with Crippen molar-refractivity contribution in [2.45, 2.75) is 33.6 Å². The molecule has 5 heteroatoms. The number of amides is 1. The van der Waals surface area contributed by atoms with Crippen LogP contribution in [0.15, 0.2) is 40.9 Å². The minimum atomic E-state index is -0.290. The van der Waals surface area contributed by atoms with E-state index in [1.807, 2.05) is 32.9 Å². The third-order valence-corrected chi connectivity index (χ3v) is 5.06. The molecule has 0 aliphatic heterocycles. The summed E-state index contributed by atoms with van der Waals surface area (Å²) in [5.41, 5.74) is 3.36. The molecule has 3 nitrogen and oxygen atoms in total. The van der Waals surface area contributed by atoms with E-state index >= 15 is 0 Å². The van der Waals surface area contributed by atoms with E-state index in [1.54, 1.807) is 18.2 Å². The highest BCUT2D eigenvalue weighted by molar-refractivity contribution is 9.10. The highest BCUT2D eigenvalue weighted by atomic mass is 79.9. The molecule has 0 aromatic heterocycles. The Kier molecular flexibility index (Phi) is 7.35. The van der Waals surface area contributed by atoms with Gasteiger partial charge in [-0.05, 0) is 67.5 Å². The van der Waals surface area contributed by atoms with Crippen molar-refractivity contribution in [2.24, 2.45) is 11.8 Å². The average Bonchev–Trinajstić information content (AvgIpc) is 2.58. The van der Waals surface area contributed by atoms with Crippen LogP contribution in [0, 0.1) is 31.5 Å². The Labute approximate surface area is 162 Å². The minimum Gasteiger partial charge on any atom is -0.396 e. The lowest BCUT2D eigenvalue weighted by atomic mass is 9.90. The van der Waals surface area contributed by atoms with Gasteiger partial charge in [0.05, 0.1) is 0 Å². The first kappa shape index (κ1) is 20.6. The van der Waals surface area contributed by atoms with E-state index in [0.29, 0.717) is 18.4 Å². The van der Waals surface area contributed by atoms with Crippen LogP contribution in [0.25, 0.3) is 0 Å². The summed E-state index contributed by atoms with van der Waals surface area (Å²) in [7, 11) is 0. The van der Waals surface area contributed by atoms with Crippen LogP contribution in [0.4, 0.5) is 10.1 Å². The van der Waals surface area contributed by atoms with E-state index in [-0.39, 0.29) is 30.2 Å². The Morgan fingerprint density at radius 1 is 1.23 bits per heavy atom. The summed E-state index contributed by atoms with van der Waals surface area (Å²) in [5.74, 6) is -0.823. The predicted octanol–water partition coefficient (Wildman–Crippen LogP) is 5.02. The molecule has 0 fully saturated rings. The van der Waals surface area contributed by atoms with Crippen LogP contribution in [0.2, 0.25) is 0 Å². The third-order valence-electron chi connectivity index (χ3n) is 4.60. The highest BCUT2D eigenvalue weighted by Gasteiger charge is 2.21. The number of aliphatic hydroxyl groups is 1. The molecule has 0 unspecified atom stereocenters. The van der Waals surface area contributed by atoms with Gasteiger partial charge in [-0.15, -0.1) is 0 Å². The molecule has 2 rings (SSSR count).